The molecule has 2 rings (SSSR count). The molecule has 2 unspecified atom stereocenters. The minimum atomic E-state index is -0.355. The molecule has 1 saturated heterocycles. The van der Waals surface area contributed by atoms with Crippen LogP contribution in [0.4, 0.5) is 4.39 Å². The van der Waals surface area contributed by atoms with Crippen LogP contribution in [0.5, 0.6) is 0 Å². The summed E-state index contributed by atoms with van der Waals surface area (Å²) < 4.78 is 13.1. The number of benzene rings is 1. The lowest BCUT2D eigenvalue weighted by atomic mass is 10.1. The second-order valence-electron chi connectivity index (χ2n) is 4.37. The summed E-state index contributed by atoms with van der Waals surface area (Å²) in [5, 5.41) is 4.38. The largest absolute Gasteiger partial charge is 0.309 e. The lowest BCUT2D eigenvalue weighted by Gasteiger charge is -2.23. The number of thioether (sulfide) groups is 2. The molecule has 1 aliphatic rings. The highest BCUT2D eigenvalue weighted by atomic mass is 35.5. The highest BCUT2D eigenvalue weighted by Gasteiger charge is 2.15. The van der Waals surface area contributed by atoms with Gasteiger partial charge in [0.15, 0.2) is 0 Å². The van der Waals surface area contributed by atoms with E-state index in [1.807, 2.05) is 23.5 Å². The summed E-state index contributed by atoms with van der Waals surface area (Å²) >= 11 is 9.86. The maximum absolute atomic E-state index is 13.1. The maximum Gasteiger partial charge on any atom is 0.141 e. The molecule has 1 nitrogen and oxygen atoms in total. The van der Waals surface area contributed by atoms with Gasteiger partial charge < -0.3 is 5.32 Å². The molecule has 1 aromatic carbocycles. The van der Waals surface area contributed by atoms with Gasteiger partial charge in [-0.25, -0.2) is 4.39 Å². The van der Waals surface area contributed by atoms with Gasteiger partial charge in [0.25, 0.3) is 0 Å². The Kier molecular flexibility index (Phi) is 5.67. The molecule has 1 heterocycles. The molecule has 0 aromatic heterocycles. The molecular weight excluding hydrogens is 289 g/mol. The molecule has 0 spiro atoms. The fraction of sp³-hybridized carbons (Fsp3) is 0.538. The Balaban J connectivity index is 1.86. The van der Waals surface area contributed by atoms with E-state index in [1.54, 1.807) is 12.1 Å². The van der Waals surface area contributed by atoms with E-state index in [1.165, 1.54) is 23.3 Å². The van der Waals surface area contributed by atoms with Crippen LogP contribution in [0.15, 0.2) is 18.2 Å². The van der Waals surface area contributed by atoms with Crippen LogP contribution in [0.2, 0.25) is 5.02 Å². The van der Waals surface area contributed by atoms with Crippen LogP contribution < -0.4 is 5.32 Å². The molecule has 1 N–H and O–H groups in total. The van der Waals surface area contributed by atoms with Crippen molar-refractivity contribution in [2.24, 2.45) is 0 Å². The van der Waals surface area contributed by atoms with Gasteiger partial charge in [0.2, 0.25) is 0 Å². The molecule has 2 atom stereocenters. The van der Waals surface area contributed by atoms with E-state index in [4.69, 9.17) is 11.6 Å². The van der Waals surface area contributed by atoms with Crippen LogP contribution in [0.3, 0.4) is 0 Å². The Hall–Kier alpha value is 0.1000. The van der Waals surface area contributed by atoms with Gasteiger partial charge in [0.1, 0.15) is 5.82 Å². The van der Waals surface area contributed by atoms with E-state index >= 15 is 0 Å². The van der Waals surface area contributed by atoms with E-state index in [2.05, 4.69) is 12.2 Å². The molecule has 0 aliphatic carbocycles. The van der Waals surface area contributed by atoms with Crippen molar-refractivity contribution in [1.82, 2.24) is 5.32 Å². The fourth-order valence-electron chi connectivity index (χ4n) is 1.86. The summed E-state index contributed by atoms with van der Waals surface area (Å²) in [6.45, 7) is 3.08. The fourth-order valence-corrected chi connectivity index (χ4v) is 4.68. The van der Waals surface area contributed by atoms with E-state index in [9.17, 15) is 4.39 Å². The number of hydrogen-bond donors (Lipinski definition) is 1. The van der Waals surface area contributed by atoms with E-state index < -0.39 is 0 Å². The third-order valence-electron chi connectivity index (χ3n) is 2.98. The summed E-state index contributed by atoms with van der Waals surface area (Å²) in [7, 11) is 0. The monoisotopic (exact) mass is 305 g/mol. The topological polar surface area (TPSA) is 12.0 Å². The molecular formula is C13H17ClFNS2. The summed E-state index contributed by atoms with van der Waals surface area (Å²) in [5.41, 5.74) is 1.04. The molecule has 5 heteroatoms. The van der Waals surface area contributed by atoms with E-state index in [-0.39, 0.29) is 16.9 Å². The van der Waals surface area contributed by atoms with Crippen molar-refractivity contribution < 1.29 is 4.39 Å². The second-order valence-corrected chi connectivity index (χ2v) is 7.34. The van der Waals surface area contributed by atoms with Crippen molar-refractivity contribution >= 4 is 35.1 Å². The Bertz CT molecular complexity index is 397. The number of halogens is 2. The molecule has 0 radical (unpaired) electrons. The van der Waals surface area contributed by atoms with Gasteiger partial charge in [-0.3, -0.25) is 0 Å². The van der Waals surface area contributed by atoms with Crippen molar-refractivity contribution in [2.75, 3.05) is 23.8 Å². The zero-order chi connectivity index (χ0) is 13.0. The van der Waals surface area contributed by atoms with Crippen LogP contribution in [0.1, 0.15) is 18.5 Å². The van der Waals surface area contributed by atoms with Crippen molar-refractivity contribution in [3.63, 3.8) is 0 Å². The first-order chi connectivity index (χ1) is 8.66. The van der Waals surface area contributed by atoms with E-state index in [0.29, 0.717) is 5.25 Å². The summed E-state index contributed by atoms with van der Waals surface area (Å²) in [4.78, 5) is 0. The normalized spacial score (nSPS) is 21.8. The Labute approximate surface area is 121 Å². The molecule has 100 valence electrons. The molecule has 1 aliphatic heterocycles. The Morgan fingerprint density at radius 3 is 3.00 bits per heavy atom. The van der Waals surface area contributed by atoms with Gasteiger partial charge in [-0.2, -0.15) is 23.5 Å². The standard InChI is InChI=1S/C13H17ClFNS2/c1-9(10-2-3-13(15)12(14)6-10)16-7-11-8-17-4-5-18-11/h2-3,6,9,11,16H,4-5,7-8H2,1H3. The zero-order valence-corrected chi connectivity index (χ0v) is 12.7. The zero-order valence-electron chi connectivity index (χ0n) is 10.3. The molecule has 1 aromatic rings. The van der Waals surface area contributed by atoms with Crippen LogP contribution in [0.25, 0.3) is 0 Å². The van der Waals surface area contributed by atoms with E-state index in [0.717, 1.165) is 12.1 Å². The molecule has 0 amide bonds. The van der Waals surface area contributed by atoms with Crippen LogP contribution >= 0.6 is 35.1 Å². The average Bonchev–Trinajstić information content (AvgIpc) is 2.40. The van der Waals surface area contributed by atoms with Crippen LogP contribution in [0, 0.1) is 5.82 Å². The minimum Gasteiger partial charge on any atom is -0.309 e. The Morgan fingerprint density at radius 1 is 1.50 bits per heavy atom. The third kappa shape index (κ3) is 4.05. The molecule has 18 heavy (non-hydrogen) atoms. The first-order valence-corrected chi connectivity index (χ1v) is 8.62. The van der Waals surface area contributed by atoms with Gasteiger partial charge in [-0.05, 0) is 24.6 Å². The predicted octanol–water partition coefficient (Wildman–Crippen LogP) is 3.98. The first kappa shape index (κ1) is 14.5. The van der Waals surface area contributed by atoms with Crippen LogP contribution in [-0.2, 0) is 0 Å². The smallest absolute Gasteiger partial charge is 0.141 e. The maximum atomic E-state index is 13.1. The van der Waals surface area contributed by atoms with Crippen LogP contribution in [-0.4, -0.2) is 29.1 Å². The highest BCUT2D eigenvalue weighted by Crippen LogP contribution is 2.25. The van der Waals surface area contributed by atoms with Crippen molar-refractivity contribution in [1.29, 1.82) is 0 Å². The lowest BCUT2D eigenvalue weighted by molar-refractivity contribution is 0.573. The Morgan fingerprint density at radius 2 is 2.33 bits per heavy atom. The first-order valence-electron chi connectivity index (χ1n) is 6.04. The summed E-state index contributed by atoms with van der Waals surface area (Å²) in [6, 6.07) is 5.13. The predicted molar refractivity (Wildman–Crippen MR) is 81.4 cm³/mol. The molecule has 0 bridgehead atoms. The average molecular weight is 306 g/mol. The lowest BCUT2D eigenvalue weighted by Crippen LogP contribution is -2.30. The minimum absolute atomic E-state index is 0.198. The quantitative estimate of drug-likeness (QED) is 0.904. The number of nitrogens with one attached hydrogen (secondary N) is 1. The van der Waals surface area contributed by atoms with Gasteiger partial charge in [-0.1, -0.05) is 17.7 Å². The second kappa shape index (κ2) is 7.04. The van der Waals surface area contributed by atoms with Gasteiger partial charge in [-0.15, -0.1) is 0 Å². The molecule has 0 saturated carbocycles. The number of rotatable bonds is 4. The van der Waals surface area contributed by atoms with Gasteiger partial charge in [0, 0.05) is 35.1 Å². The SMILES string of the molecule is CC(NCC1CSCCS1)c1ccc(F)c(Cl)c1. The summed E-state index contributed by atoms with van der Waals surface area (Å²) in [5.74, 6) is 3.37. The third-order valence-corrected chi connectivity index (χ3v) is 6.11. The van der Waals surface area contributed by atoms with Crippen molar-refractivity contribution in [2.45, 2.75) is 18.2 Å². The molecule has 1 fully saturated rings. The van der Waals surface area contributed by atoms with Gasteiger partial charge in [0.05, 0.1) is 5.02 Å². The number of hydrogen-bond acceptors (Lipinski definition) is 3. The van der Waals surface area contributed by atoms with Gasteiger partial charge >= 0.3 is 0 Å². The van der Waals surface area contributed by atoms with Crippen molar-refractivity contribution in [3.8, 4) is 0 Å². The highest BCUT2D eigenvalue weighted by molar-refractivity contribution is 8.06. The van der Waals surface area contributed by atoms with Crippen molar-refractivity contribution in [3.05, 3.63) is 34.6 Å². The summed E-state index contributed by atoms with van der Waals surface area (Å²) in [6.07, 6.45) is 0.